The Labute approximate surface area is 205 Å². The van der Waals surface area contributed by atoms with Crippen molar-refractivity contribution in [3.05, 3.63) is 77.4 Å². The predicted molar refractivity (Wildman–Crippen MR) is 140 cm³/mol. The summed E-state index contributed by atoms with van der Waals surface area (Å²) in [5, 5.41) is 7.41. The lowest BCUT2D eigenvalue weighted by Gasteiger charge is -2.12. The summed E-state index contributed by atoms with van der Waals surface area (Å²) in [6.07, 6.45) is 3.00. The minimum absolute atomic E-state index is 0.750. The molecule has 3 heterocycles. The van der Waals surface area contributed by atoms with Gasteiger partial charge in [-0.25, -0.2) is 4.52 Å². The quantitative estimate of drug-likeness (QED) is 0.287. The first-order valence-corrected chi connectivity index (χ1v) is 11.8. The Bertz CT molecular complexity index is 1530. The van der Waals surface area contributed by atoms with E-state index in [0.717, 1.165) is 52.6 Å². The zero-order valence-corrected chi connectivity index (χ0v) is 21.2. The first kappa shape index (κ1) is 22.8. The van der Waals surface area contributed by atoms with E-state index in [0.29, 0.717) is 0 Å². The first-order valence-electron chi connectivity index (χ1n) is 11.8. The molecule has 0 N–H and O–H groups in total. The van der Waals surface area contributed by atoms with Crippen molar-refractivity contribution in [1.29, 1.82) is 0 Å². The fourth-order valence-corrected chi connectivity index (χ4v) is 5.13. The third-order valence-corrected chi connectivity index (χ3v) is 6.95. The van der Waals surface area contributed by atoms with Crippen molar-refractivity contribution in [3.8, 4) is 28.4 Å². The highest BCUT2D eigenvalue weighted by atomic mass is 16.5. The van der Waals surface area contributed by atoms with Crippen molar-refractivity contribution in [3.63, 3.8) is 0 Å². The lowest BCUT2D eigenvalue weighted by Crippen LogP contribution is -2.05. The molecule has 0 saturated carbocycles. The Balaban J connectivity index is 1.55. The van der Waals surface area contributed by atoms with Crippen LogP contribution >= 0.6 is 0 Å². The Kier molecular flexibility index (Phi) is 5.89. The highest BCUT2D eigenvalue weighted by molar-refractivity contribution is 6.02. The maximum absolute atomic E-state index is 5.49. The number of rotatable bonds is 7. The standard InChI is InChI=1S/C29H31N3O3/c1-18-28-19(2)31(14-13-21-7-12-26(34-5)27(15-21)35-6)20(3)29(28)25-16-23(17-32(25)30-18)22-8-10-24(33-4)11-9-22/h7-12,15-17H,13-14H2,1-6H3. The number of methoxy groups -OCH3 is 3. The molecule has 2 aromatic carbocycles. The van der Waals surface area contributed by atoms with Gasteiger partial charge in [0.25, 0.3) is 0 Å². The second-order valence-electron chi connectivity index (χ2n) is 8.88. The number of fused-ring (bicyclic) bond motifs is 3. The van der Waals surface area contributed by atoms with E-state index in [-0.39, 0.29) is 0 Å². The van der Waals surface area contributed by atoms with Crippen molar-refractivity contribution in [2.45, 2.75) is 33.7 Å². The Morgan fingerprint density at radius 2 is 1.46 bits per heavy atom. The number of hydrogen-bond acceptors (Lipinski definition) is 4. The maximum Gasteiger partial charge on any atom is 0.160 e. The summed E-state index contributed by atoms with van der Waals surface area (Å²) in [4.78, 5) is 0. The van der Waals surface area contributed by atoms with Crippen LogP contribution in [0.25, 0.3) is 27.4 Å². The number of benzene rings is 2. The lowest BCUT2D eigenvalue weighted by molar-refractivity contribution is 0.354. The van der Waals surface area contributed by atoms with E-state index in [9.17, 15) is 0 Å². The molecule has 0 fully saturated rings. The molecule has 0 saturated heterocycles. The molecule has 0 unspecified atom stereocenters. The fourth-order valence-electron chi connectivity index (χ4n) is 5.13. The average Bonchev–Trinajstić information content (AvgIpc) is 3.41. The average molecular weight is 470 g/mol. The molecule has 0 radical (unpaired) electrons. The molecule has 0 atom stereocenters. The largest absolute Gasteiger partial charge is 0.497 e. The number of aryl methyl sites for hydroxylation is 4. The smallest absolute Gasteiger partial charge is 0.160 e. The van der Waals surface area contributed by atoms with E-state index in [1.807, 2.05) is 22.7 Å². The van der Waals surface area contributed by atoms with Gasteiger partial charge in [0, 0.05) is 40.5 Å². The van der Waals surface area contributed by atoms with Crippen LogP contribution in [0, 0.1) is 20.8 Å². The second kappa shape index (κ2) is 9.02. The summed E-state index contributed by atoms with van der Waals surface area (Å²) in [5.41, 5.74) is 8.16. The van der Waals surface area contributed by atoms with Crippen LogP contribution < -0.4 is 14.2 Å². The lowest BCUT2D eigenvalue weighted by atomic mass is 10.1. The third kappa shape index (κ3) is 3.89. The molecule has 6 heteroatoms. The summed E-state index contributed by atoms with van der Waals surface area (Å²) < 4.78 is 20.6. The minimum Gasteiger partial charge on any atom is -0.497 e. The van der Waals surface area contributed by atoms with Gasteiger partial charge in [-0.3, -0.25) is 0 Å². The molecule has 5 aromatic rings. The molecule has 35 heavy (non-hydrogen) atoms. The highest BCUT2D eigenvalue weighted by Crippen LogP contribution is 2.35. The van der Waals surface area contributed by atoms with Gasteiger partial charge in [0.1, 0.15) is 5.75 Å². The monoisotopic (exact) mass is 469 g/mol. The van der Waals surface area contributed by atoms with Crippen LogP contribution in [-0.2, 0) is 13.0 Å². The van der Waals surface area contributed by atoms with Crippen LogP contribution in [0.15, 0.2) is 54.7 Å². The predicted octanol–water partition coefficient (Wildman–Crippen LogP) is 6.15. The minimum atomic E-state index is 0.750. The zero-order chi connectivity index (χ0) is 24.7. The van der Waals surface area contributed by atoms with Gasteiger partial charge in [-0.1, -0.05) is 18.2 Å². The molecule has 0 aliphatic rings. The molecular weight excluding hydrogens is 438 g/mol. The number of nitrogens with zero attached hydrogens (tertiary/aromatic N) is 3. The van der Waals surface area contributed by atoms with Crippen molar-refractivity contribution in [2.24, 2.45) is 0 Å². The normalized spacial score (nSPS) is 11.4. The SMILES string of the molecule is COc1ccc(-c2cc3c4c(C)n(CCc5ccc(OC)c(OC)c5)c(C)c4c(C)nn3c2)cc1. The zero-order valence-electron chi connectivity index (χ0n) is 21.2. The van der Waals surface area contributed by atoms with E-state index in [4.69, 9.17) is 19.3 Å². The summed E-state index contributed by atoms with van der Waals surface area (Å²) in [5.74, 6) is 2.37. The van der Waals surface area contributed by atoms with Crippen LogP contribution in [-0.4, -0.2) is 35.5 Å². The molecule has 0 bridgehead atoms. The summed E-state index contributed by atoms with van der Waals surface area (Å²) >= 11 is 0. The molecule has 0 spiro atoms. The van der Waals surface area contributed by atoms with E-state index in [2.05, 4.69) is 61.9 Å². The Morgan fingerprint density at radius 1 is 0.743 bits per heavy atom. The first-order chi connectivity index (χ1) is 16.9. The second-order valence-corrected chi connectivity index (χ2v) is 8.88. The van der Waals surface area contributed by atoms with Gasteiger partial charge in [-0.15, -0.1) is 0 Å². The van der Waals surface area contributed by atoms with Gasteiger partial charge in [0.2, 0.25) is 0 Å². The van der Waals surface area contributed by atoms with Gasteiger partial charge in [0.05, 0.1) is 32.5 Å². The Morgan fingerprint density at radius 3 is 2.14 bits per heavy atom. The van der Waals surface area contributed by atoms with Gasteiger partial charge < -0.3 is 18.8 Å². The number of hydrogen-bond donors (Lipinski definition) is 0. The topological polar surface area (TPSA) is 49.9 Å². The molecule has 5 rings (SSSR count). The van der Waals surface area contributed by atoms with Gasteiger partial charge >= 0.3 is 0 Å². The molecule has 0 amide bonds. The van der Waals surface area contributed by atoms with Gasteiger partial charge in [-0.05, 0) is 68.7 Å². The van der Waals surface area contributed by atoms with E-state index < -0.39 is 0 Å². The van der Waals surface area contributed by atoms with Crippen LogP contribution in [0.5, 0.6) is 17.2 Å². The summed E-state index contributed by atoms with van der Waals surface area (Å²) in [6.45, 7) is 7.38. The van der Waals surface area contributed by atoms with Crippen LogP contribution in [0.1, 0.15) is 22.6 Å². The summed E-state index contributed by atoms with van der Waals surface area (Å²) in [6, 6.07) is 16.5. The third-order valence-electron chi connectivity index (χ3n) is 6.95. The number of aromatic nitrogens is 3. The van der Waals surface area contributed by atoms with E-state index in [1.165, 1.54) is 27.7 Å². The maximum atomic E-state index is 5.49. The van der Waals surface area contributed by atoms with Gasteiger partial charge in [0.15, 0.2) is 11.5 Å². The molecular formula is C29H31N3O3. The highest BCUT2D eigenvalue weighted by Gasteiger charge is 2.19. The van der Waals surface area contributed by atoms with E-state index >= 15 is 0 Å². The van der Waals surface area contributed by atoms with Crippen molar-refractivity contribution >= 4 is 16.3 Å². The van der Waals surface area contributed by atoms with Crippen molar-refractivity contribution in [1.82, 2.24) is 14.2 Å². The molecule has 0 aliphatic carbocycles. The molecule has 6 nitrogen and oxygen atoms in total. The van der Waals surface area contributed by atoms with Crippen LogP contribution in [0.3, 0.4) is 0 Å². The molecule has 180 valence electrons. The van der Waals surface area contributed by atoms with Crippen LogP contribution in [0.2, 0.25) is 0 Å². The Hall–Kier alpha value is -3.93. The molecule has 0 aliphatic heterocycles. The van der Waals surface area contributed by atoms with E-state index in [1.54, 1.807) is 21.3 Å². The van der Waals surface area contributed by atoms with Crippen molar-refractivity contribution < 1.29 is 14.2 Å². The van der Waals surface area contributed by atoms with Gasteiger partial charge in [-0.2, -0.15) is 5.10 Å². The molecule has 3 aromatic heterocycles. The summed E-state index contributed by atoms with van der Waals surface area (Å²) in [7, 11) is 5.02. The van der Waals surface area contributed by atoms with Crippen molar-refractivity contribution in [2.75, 3.05) is 21.3 Å². The fraction of sp³-hybridized carbons (Fsp3) is 0.276. The number of ether oxygens (including phenoxy) is 3. The van der Waals surface area contributed by atoms with Crippen LogP contribution in [0.4, 0.5) is 0 Å².